The van der Waals surface area contributed by atoms with Crippen molar-refractivity contribution in [2.75, 3.05) is 0 Å². The Bertz CT molecular complexity index is 1200. The van der Waals surface area contributed by atoms with E-state index in [1.807, 2.05) is 46.6 Å². The molecule has 0 saturated heterocycles. The lowest BCUT2D eigenvalue weighted by molar-refractivity contribution is -0.107. The number of carbonyl (C=O) groups excluding carboxylic acids is 3. The van der Waals surface area contributed by atoms with Crippen LogP contribution >= 0.6 is 0 Å². The van der Waals surface area contributed by atoms with E-state index in [0.29, 0.717) is 30.6 Å². The molecule has 1 amide bonds. The summed E-state index contributed by atoms with van der Waals surface area (Å²) in [7, 11) is 0. The van der Waals surface area contributed by atoms with Gasteiger partial charge in [0, 0.05) is 24.7 Å². The third-order valence-corrected chi connectivity index (χ3v) is 5.40. The number of rotatable bonds is 12. The van der Waals surface area contributed by atoms with Crippen molar-refractivity contribution in [2.45, 2.75) is 87.0 Å². The van der Waals surface area contributed by atoms with Gasteiger partial charge in [-0.2, -0.15) is 18.3 Å². The summed E-state index contributed by atoms with van der Waals surface area (Å²) in [4.78, 5) is 34.5. The zero-order valence-electron chi connectivity index (χ0n) is 25.5. The molecule has 0 aliphatic rings. The Morgan fingerprint density at radius 1 is 1.17 bits per heavy atom. The van der Waals surface area contributed by atoms with Gasteiger partial charge in [0.15, 0.2) is 5.69 Å². The van der Waals surface area contributed by atoms with Crippen LogP contribution in [0.15, 0.2) is 54.0 Å². The molecule has 232 valence electrons. The quantitative estimate of drug-likeness (QED) is 0.164. The molecule has 0 aliphatic heterocycles. The summed E-state index contributed by atoms with van der Waals surface area (Å²) in [6.07, 6.45) is 5.01. The molecule has 0 spiro atoms. The van der Waals surface area contributed by atoms with Crippen molar-refractivity contribution in [3.63, 3.8) is 0 Å². The van der Waals surface area contributed by atoms with Gasteiger partial charge in [-0.25, -0.2) is 4.68 Å². The number of ether oxygens (including phenoxy) is 1. The molecule has 2 heterocycles. The van der Waals surface area contributed by atoms with E-state index in [1.165, 1.54) is 22.9 Å². The highest BCUT2D eigenvalue weighted by Crippen LogP contribution is 2.35. The van der Waals surface area contributed by atoms with E-state index in [4.69, 9.17) is 9.53 Å². The second kappa shape index (κ2) is 20.0. The van der Waals surface area contributed by atoms with E-state index < -0.39 is 17.7 Å². The standard InChI is InChI=1S/C27H35F3N4O2.C3H6O.CH2O/c1-7-10-12-22(27(28,29)30)23(11-8-2)36-26-19(6)24(33-34(26)17-18(4)5)25(35)32-16-21-14-13-20(9-3)15-31-21;1-2-3-4;1-2/h7,10-15,18H,8-9,16-17H2,1-6H3,(H,32,35);3H,2H2,1H3;1H2/b10-7-,22-12+,23-11-;;. The number of pyridine rings is 1. The molecule has 0 bridgehead atoms. The van der Waals surface area contributed by atoms with Gasteiger partial charge in [0.2, 0.25) is 5.88 Å². The van der Waals surface area contributed by atoms with Gasteiger partial charge in [-0.05, 0) is 56.4 Å². The van der Waals surface area contributed by atoms with Crippen LogP contribution in [0.1, 0.15) is 81.7 Å². The molecule has 8 nitrogen and oxygen atoms in total. The van der Waals surface area contributed by atoms with Crippen molar-refractivity contribution in [1.29, 1.82) is 0 Å². The van der Waals surface area contributed by atoms with Gasteiger partial charge < -0.3 is 19.6 Å². The zero-order valence-corrected chi connectivity index (χ0v) is 25.5. The smallest absolute Gasteiger partial charge is 0.419 e. The first-order valence-corrected chi connectivity index (χ1v) is 13.7. The number of amides is 1. The van der Waals surface area contributed by atoms with Crippen LogP contribution in [0.25, 0.3) is 0 Å². The number of aryl methyl sites for hydroxylation is 1. The van der Waals surface area contributed by atoms with Crippen LogP contribution in [0.4, 0.5) is 13.2 Å². The van der Waals surface area contributed by atoms with Crippen LogP contribution in [-0.4, -0.2) is 39.9 Å². The molecule has 0 radical (unpaired) electrons. The number of nitrogens with one attached hydrogen (secondary N) is 1. The minimum atomic E-state index is -4.63. The fourth-order valence-corrected chi connectivity index (χ4v) is 3.38. The summed E-state index contributed by atoms with van der Waals surface area (Å²) in [6, 6.07) is 3.79. The third kappa shape index (κ3) is 12.7. The Labute approximate surface area is 246 Å². The Hall–Kier alpha value is -4.02. The number of hydrogen-bond acceptors (Lipinski definition) is 6. The highest BCUT2D eigenvalue weighted by atomic mass is 19.4. The Morgan fingerprint density at radius 3 is 2.26 bits per heavy atom. The number of aldehydes is 1. The van der Waals surface area contributed by atoms with Crippen molar-refractivity contribution in [3.05, 3.63) is 76.5 Å². The fourth-order valence-electron chi connectivity index (χ4n) is 3.38. The zero-order chi connectivity index (χ0) is 32.3. The lowest BCUT2D eigenvalue weighted by Crippen LogP contribution is -2.24. The van der Waals surface area contributed by atoms with Gasteiger partial charge in [-0.3, -0.25) is 9.78 Å². The largest absolute Gasteiger partial charge is 0.439 e. The van der Waals surface area contributed by atoms with Gasteiger partial charge in [0.05, 0.1) is 17.8 Å². The monoisotopic (exact) mass is 592 g/mol. The lowest BCUT2D eigenvalue weighted by Gasteiger charge is -2.18. The molecule has 2 aromatic heterocycles. The van der Waals surface area contributed by atoms with E-state index in [2.05, 4.69) is 15.4 Å². The van der Waals surface area contributed by atoms with Gasteiger partial charge in [0.25, 0.3) is 5.91 Å². The number of allylic oxidation sites excluding steroid dienone is 5. The maximum Gasteiger partial charge on any atom is 0.419 e. The van der Waals surface area contributed by atoms with E-state index in [9.17, 15) is 22.8 Å². The number of aromatic nitrogens is 3. The molecule has 2 aromatic rings. The van der Waals surface area contributed by atoms with E-state index >= 15 is 0 Å². The normalized spacial score (nSPS) is 11.9. The third-order valence-electron chi connectivity index (χ3n) is 5.40. The molecule has 2 rings (SSSR count). The maximum absolute atomic E-state index is 13.9. The van der Waals surface area contributed by atoms with Gasteiger partial charge in [-0.1, -0.05) is 52.8 Å². The van der Waals surface area contributed by atoms with Gasteiger partial charge >= 0.3 is 6.18 Å². The van der Waals surface area contributed by atoms with Crippen molar-refractivity contribution in [3.8, 4) is 5.88 Å². The molecule has 11 heteroatoms. The first kappa shape index (κ1) is 38.0. The SMILES string of the molecule is C=O.CCC=O.C\C=C/C=C(\C(=C\CC)Oc1c(C)c(C(=O)NCc2ccc(CC)cn2)nn1CC(C)C)C(F)(F)F. The number of alkyl halides is 3. The van der Waals surface area contributed by atoms with Crippen LogP contribution in [0.2, 0.25) is 0 Å². The number of nitrogens with zero attached hydrogens (tertiary/aromatic N) is 3. The molecular formula is C31H43F3N4O4. The maximum atomic E-state index is 13.9. The van der Waals surface area contributed by atoms with Crippen LogP contribution in [0.5, 0.6) is 5.88 Å². The second-order valence-corrected chi connectivity index (χ2v) is 9.31. The number of carbonyl (C=O) groups is 3. The molecular weight excluding hydrogens is 549 g/mol. The Morgan fingerprint density at radius 2 is 1.81 bits per heavy atom. The Kier molecular flexibility index (Phi) is 18.0. The predicted molar refractivity (Wildman–Crippen MR) is 158 cm³/mol. The number of halogens is 3. The summed E-state index contributed by atoms with van der Waals surface area (Å²) in [6.45, 7) is 15.3. The van der Waals surface area contributed by atoms with Gasteiger partial charge in [0.1, 0.15) is 18.8 Å². The van der Waals surface area contributed by atoms with E-state index in [0.717, 1.165) is 24.3 Å². The molecule has 1 N–H and O–H groups in total. The highest BCUT2D eigenvalue weighted by Gasteiger charge is 2.37. The molecule has 0 saturated carbocycles. The summed E-state index contributed by atoms with van der Waals surface area (Å²) in [5.74, 6) is -0.566. The van der Waals surface area contributed by atoms with E-state index in [-0.39, 0.29) is 29.8 Å². The lowest BCUT2D eigenvalue weighted by atomic mass is 10.1. The van der Waals surface area contributed by atoms with E-state index in [1.54, 1.807) is 27.0 Å². The minimum Gasteiger partial charge on any atom is -0.439 e. The van der Waals surface area contributed by atoms with Crippen molar-refractivity contribution >= 4 is 19.0 Å². The van der Waals surface area contributed by atoms with Gasteiger partial charge in [-0.15, -0.1) is 0 Å². The van der Waals surface area contributed by atoms with Crippen LogP contribution in [0.3, 0.4) is 0 Å². The molecule has 0 aromatic carbocycles. The molecule has 0 aliphatic carbocycles. The minimum absolute atomic E-state index is 0.0951. The highest BCUT2D eigenvalue weighted by molar-refractivity contribution is 5.94. The van der Waals surface area contributed by atoms with Crippen LogP contribution in [0, 0.1) is 12.8 Å². The van der Waals surface area contributed by atoms with Crippen molar-refractivity contribution in [1.82, 2.24) is 20.1 Å². The summed E-state index contributed by atoms with van der Waals surface area (Å²) >= 11 is 0. The van der Waals surface area contributed by atoms with Crippen molar-refractivity contribution in [2.24, 2.45) is 5.92 Å². The topological polar surface area (TPSA) is 103 Å². The molecule has 42 heavy (non-hydrogen) atoms. The summed E-state index contributed by atoms with van der Waals surface area (Å²) in [5.41, 5.74) is 1.32. The first-order chi connectivity index (χ1) is 19.9. The van der Waals surface area contributed by atoms with Crippen LogP contribution < -0.4 is 10.1 Å². The summed E-state index contributed by atoms with van der Waals surface area (Å²) < 4.78 is 48.9. The Balaban J connectivity index is 0.00000257. The summed E-state index contributed by atoms with van der Waals surface area (Å²) in [5, 5.41) is 7.20. The fraction of sp³-hybridized carbons (Fsp3) is 0.452. The van der Waals surface area contributed by atoms with Crippen molar-refractivity contribution < 1.29 is 32.3 Å². The number of hydrogen-bond donors (Lipinski definition) is 1. The average molecular weight is 593 g/mol. The average Bonchev–Trinajstić information content (AvgIpc) is 3.26. The predicted octanol–water partition coefficient (Wildman–Crippen LogP) is 6.88. The second-order valence-electron chi connectivity index (χ2n) is 9.31. The van der Waals surface area contributed by atoms with Crippen LogP contribution in [-0.2, 0) is 29.1 Å². The first-order valence-electron chi connectivity index (χ1n) is 13.7. The molecule has 0 unspecified atom stereocenters. The molecule has 0 fully saturated rings. The molecule has 0 atom stereocenters.